The Kier molecular flexibility index (Phi) is 4.72. The number of Topliss-reactive ketones (excluding diaryl/α,β-unsaturated/α-hetero) is 1. The van der Waals surface area contributed by atoms with E-state index in [9.17, 15) is 14.7 Å². The van der Waals surface area contributed by atoms with Crippen molar-refractivity contribution in [2.75, 3.05) is 4.90 Å². The normalized spacial score (nSPS) is 18.3. The standard InChI is InChI=1S/C24H20N2O3/c1-15-10-12-18(13-11-15)21(27)19-20(17-8-4-3-5-9-17)26(24(29)22(19)28)23-16(2)7-6-14-25-23/h3-14,20,27H,1-2H3. The first-order valence-corrected chi connectivity index (χ1v) is 9.33. The van der Waals surface area contributed by atoms with Crippen molar-refractivity contribution in [3.8, 4) is 0 Å². The highest BCUT2D eigenvalue weighted by Crippen LogP contribution is 2.42. The molecule has 1 fully saturated rings. The summed E-state index contributed by atoms with van der Waals surface area (Å²) in [5, 5.41) is 11.0. The zero-order chi connectivity index (χ0) is 20.5. The predicted octanol–water partition coefficient (Wildman–Crippen LogP) is 4.32. The number of anilines is 1. The number of pyridine rings is 1. The van der Waals surface area contributed by atoms with Crippen molar-refractivity contribution >= 4 is 23.3 Å². The lowest BCUT2D eigenvalue weighted by Crippen LogP contribution is -2.30. The number of carbonyl (C=O) groups is 2. The van der Waals surface area contributed by atoms with Crippen molar-refractivity contribution in [1.82, 2.24) is 4.98 Å². The second kappa shape index (κ2) is 7.36. The van der Waals surface area contributed by atoms with Gasteiger partial charge in [0, 0.05) is 11.8 Å². The van der Waals surface area contributed by atoms with E-state index >= 15 is 0 Å². The number of carbonyl (C=O) groups excluding carboxylic acids is 2. The largest absolute Gasteiger partial charge is 0.507 e. The van der Waals surface area contributed by atoms with Crippen molar-refractivity contribution in [1.29, 1.82) is 0 Å². The van der Waals surface area contributed by atoms with Crippen LogP contribution in [0.4, 0.5) is 5.82 Å². The number of amides is 1. The van der Waals surface area contributed by atoms with Crippen molar-refractivity contribution in [2.24, 2.45) is 0 Å². The zero-order valence-electron chi connectivity index (χ0n) is 16.2. The number of hydrogen-bond acceptors (Lipinski definition) is 4. The van der Waals surface area contributed by atoms with Gasteiger partial charge in [0.15, 0.2) is 0 Å². The molecule has 1 saturated heterocycles. The molecular weight excluding hydrogens is 364 g/mol. The van der Waals surface area contributed by atoms with Gasteiger partial charge in [0.2, 0.25) is 0 Å². The molecule has 0 bridgehead atoms. The summed E-state index contributed by atoms with van der Waals surface area (Å²) in [6.07, 6.45) is 1.59. The van der Waals surface area contributed by atoms with Gasteiger partial charge in [0.25, 0.3) is 5.78 Å². The minimum Gasteiger partial charge on any atom is -0.507 e. The van der Waals surface area contributed by atoms with Crippen LogP contribution in [0.2, 0.25) is 0 Å². The highest BCUT2D eigenvalue weighted by molar-refractivity contribution is 6.51. The number of aliphatic hydroxyl groups excluding tert-OH is 1. The number of nitrogens with zero attached hydrogens (tertiary/aromatic N) is 2. The Hall–Kier alpha value is -3.73. The lowest BCUT2D eigenvalue weighted by Gasteiger charge is -2.25. The molecule has 0 radical (unpaired) electrons. The van der Waals surface area contributed by atoms with Gasteiger partial charge in [-0.05, 0) is 31.0 Å². The third-order valence-electron chi connectivity index (χ3n) is 5.09. The van der Waals surface area contributed by atoms with Crippen molar-refractivity contribution in [3.05, 3.63) is 101 Å². The van der Waals surface area contributed by atoms with Crippen molar-refractivity contribution < 1.29 is 14.7 Å². The van der Waals surface area contributed by atoms with E-state index in [-0.39, 0.29) is 11.3 Å². The molecule has 29 heavy (non-hydrogen) atoms. The first-order chi connectivity index (χ1) is 14.0. The van der Waals surface area contributed by atoms with E-state index in [0.717, 1.165) is 16.7 Å². The first-order valence-electron chi connectivity index (χ1n) is 9.33. The van der Waals surface area contributed by atoms with Crippen LogP contribution < -0.4 is 4.90 Å². The molecule has 5 heteroatoms. The number of hydrogen-bond donors (Lipinski definition) is 1. The van der Waals surface area contributed by atoms with Crippen LogP contribution in [0.25, 0.3) is 5.76 Å². The summed E-state index contributed by atoms with van der Waals surface area (Å²) in [4.78, 5) is 31.8. The maximum absolute atomic E-state index is 13.0. The van der Waals surface area contributed by atoms with Crippen LogP contribution in [0.5, 0.6) is 0 Å². The van der Waals surface area contributed by atoms with Gasteiger partial charge >= 0.3 is 5.91 Å². The Morgan fingerprint density at radius 2 is 1.62 bits per heavy atom. The molecule has 144 valence electrons. The van der Waals surface area contributed by atoms with Gasteiger partial charge in [-0.2, -0.15) is 0 Å². The summed E-state index contributed by atoms with van der Waals surface area (Å²) in [6, 6.07) is 19.3. The third kappa shape index (κ3) is 3.21. The Labute approximate surface area is 169 Å². The number of ketones is 1. The molecule has 1 aromatic heterocycles. The third-order valence-corrected chi connectivity index (χ3v) is 5.09. The summed E-state index contributed by atoms with van der Waals surface area (Å²) < 4.78 is 0. The van der Waals surface area contributed by atoms with Crippen LogP contribution in [0, 0.1) is 13.8 Å². The van der Waals surface area contributed by atoms with Crippen LogP contribution in [0.15, 0.2) is 78.5 Å². The smallest absolute Gasteiger partial charge is 0.301 e. The van der Waals surface area contributed by atoms with Gasteiger partial charge in [-0.3, -0.25) is 14.5 Å². The Bertz CT molecular complexity index is 1120. The van der Waals surface area contributed by atoms with Gasteiger partial charge in [-0.25, -0.2) is 4.98 Å². The fourth-order valence-electron chi connectivity index (χ4n) is 3.60. The van der Waals surface area contributed by atoms with E-state index in [0.29, 0.717) is 11.4 Å². The summed E-state index contributed by atoms with van der Waals surface area (Å²) in [7, 11) is 0. The Morgan fingerprint density at radius 1 is 0.931 bits per heavy atom. The van der Waals surface area contributed by atoms with E-state index in [1.807, 2.05) is 62.4 Å². The number of aryl methyl sites for hydroxylation is 2. The van der Waals surface area contributed by atoms with E-state index in [4.69, 9.17) is 0 Å². The number of benzene rings is 2. The van der Waals surface area contributed by atoms with Crippen LogP contribution >= 0.6 is 0 Å². The van der Waals surface area contributed by atoms with Gasteiger partial charge in [0.05, 0.1) is 11.6 Å². The van der Waals surface area contributed by atoms with Gasteiger partial charge in [-0.1, -0.05) is 66.2 Å². The molecule has 2 aromatic carbocycles. The maximum atomic E-state index is 13.0. The Balaban J connectivity index is 1.96. The quantitative estimate of drug-likeness (QED) is 0.415. The molecule has 1 aliphatic rings. The maximum Gasteiger partial charge on any atom is 0.301 e. The first kappa shape index (κ1) is 18.6. The van der Waals surface area contributed by atoms with Crippen LogP contribution in [0.3, 0.4) is 0 Å². The molecule has 2 heterocycles. The average Bonchev–Trinajstić information content (AvgIpc) is 3.00. The molecule has 1 amide bonds. The monoisotopic (exact) mass is 384 g/mol. The topological polar surface area (TPSA) is 70.5 Å². The van der Waals surface area contributed by atoms with Crippen LogP contribution in [0.1, 0.15) is 28.3 Å². The molecule has 1 atom stereocenters. The van der Waals surface area contributed by atoms with Gasteiger partial charge in [0.1, 0.15) is 11.6 Å². The summed E-state index contributed by atoms with van der Waals surface area (Å²) in [5.41, 5.74) is 3.09. The molecule has 0 saturated carbocycles. The lowest BCUT2D eigenvalue weighted by atomic mass is 9.95. The number of rotatable bonds is 3. The molecule has 3 aromatic rings. The van der Waals surface area contributed by atoms with Crippen molar-refractivity contribution in [2.45, 2.75) is 19.9 Å². The van der Waals surface area contributed by atoms with Gasteiger partial charge < -0.3 is 5.11 Å². The van der Waals surface area contributed by atoms with E-state index in [1.54, 1.807) is 24.4 Å². The molecule has 5 nitrogen and oxygen atoms in total. The molecule has 1 N–H and O–H groups in total. The van der Waals surface area contributed by atoms with Crippen LogP contribution in [-0.4, -0.2) is 21.8 Å². The number of aromatic nitrogens is 1. The summed E-state index contributed by atoms with van der Waals surface area (Å²) in [6.45, 7) is 3.78. The van der Waals surface area contributed by atoms with E-state index < -0.39 is 17.7 Å². The van der Waals surface area contributed by atoms with E-state index in [2.05, 4.69) is 4.98 Å². The second-order valence-corrected chi connectivity index (χ2v) is 7.09. The van der Waals surface area contributed by atoms with Gasteiger partial charge in [-0.15, -0.1) is 0 Å². The molecule has 4 rings (SSSR count). The molecule has 1 aliphatic heterocycles. The molecule has 0 spiro atoms. The molecule has 1 unspecified atom stereocenters. The van der Waals surface area contributed by atoms with E-state index in [1.165, 1.54) is 4.90 Å². The molecule has 0 aliphatic carbocycles. The SMILES string of the molecule is Cc1ccc(C(O)=C2C(=O)C(=O)N(c3ncccc3C)C2c2ccccc2)cc1. The fraction of sp³-hybridized carbons (Fsp3) is 0.125. The highest BCUT2D eigenvalue weighted by atomic mass is 16.3. The predicted molar refractivity (Wildman–Crippen MR) is 111 cm³/mol. The fourth-order valence-corrected chi connectivity index (χ4v) is 3.60. The average molecular weight is 384 g/mol. The minimum atomic E-state index is -0.758. The number of aliphatic hydroxyl groups is 1. The van der Waals surface area contributed by atoms with Crippen LogP contribution in [-0.2, 0) is 9.59 Å². The Morgan fingerprint density at radius 3 is 2.28 bits per heavy atom. The highest BCUT2D eigenvalue weighted by Gasteiger charge is 2.47. The lowest BCUT2D eigenvalue weighted by molar-refractivity contribution is -0.132. The van der Waals surface area contributed by atoms with Crippen molar-refractivity contribution in [3.63, 3.8) is 0 Å². The zero-order valence-corrected chi connectivity index (χ0v) is 16.2. The summed E-state index contributed by atoms with van der Waals surface area (Å²) >= 11 is 0. The minimum absolute atomic E-state index is 0.0649. The second-order valence-electron chi connectivity index (χ2n) is 7.09. The summed E-state index contributed by atoms with van der Waals surface area (Å²) in [5.74, 6) is -1.20. The molecular formula is C24H20N2O3.